The number of nitrogens with zero attached hydrogens (tertiary/aromatic N) is 1. The molecule has 0 radical (unpaired) electrons. The van der Waals surface area contributed by atoms with E-state index in [2.05, 4.69) is 10.3 Å². The van der Waals surface area contributed by atoms with Gasteiger partial charge in [0.2, 0.25) is 0 Å². The fourth-order valence-corrected chi connectivity index (χ4v) is 5.32. The van der Waals surface area contributed by atoms with E-state index in [9.17, 15) is 22.0 Å². The maximum Gasteiger partial charge on any atom is 0.252 e. The topological polar surface area (TPSA) is 76.1 Å². The van der Waals surface area contributed by atoms with Gasteiger partial charge in [-0.25, -0.2) is 17.2 Å². The first-order valence-corrected chi connectivity index (χ1v) is 11.7. The molecular weight excluding hydrogens is 446 g/mol. The van der Waals surface area contributed by atoms with Gasteiger partial charge < -0.3 is 5.32 Å². The molecular formula is C25H20F2N2O3S. The molecule has 1 heterocycles. The largest absolute Gasteiger partial charge is 0.350 e. The number of aryl methyl sites for hydroxylation is 1. The van der Waals surface area contributed by atoms with E-state index in [1.807, 2.05) is 0 Å². The van der Waals surface area contributed by atoms with Crippen molar-refractivity contribution in [1.82, 2.24) is 10.3 Å². The minimum Gasteiger partial charge on any atom is -0.350 e. The molecule has 0 saturated carbocycles. The number of halogens is 2. The number of carbonyl (C=O) groups excluding carboxylic acids is 1. The van der Waals surface area contributed by atoms with E-state index in [1.165, 1.54) is 36.4 Å². The molecule has 0 aliphatic rings. The molecule has 1 N–H and O–H groups in total. The number of fused-ring (bicyclic) bond motifs is 1. The molecule has 0 spiro atoms. The average Bonchev–Trinajstić information content (AvgIpc) is 2.79. The fraction of sp³-hybridized carbons (Fsp3) is 0.120. The Morgan fingerprint density at radius 2 is 1.61 bits per heavy atom. The predicted octanol–water partition coefficient (Wildman–Crippen LogP) is 4.77. The number of hydrogen-bond acceptors (Lipinski definition) is 4. The van der Waals surface area contributed by atoms with Crippen molar-refractivity contribution in [1.29, 1.82) is 0 Å². The Morgan fingerprint density at radius 1 is 0.939 bits per heavy atom. The molecule has 0 fully saturated rings. The predicted molar refractivity (Wildman–Crippen MR) is 122 cm³/mol. The lowest BCUT2D eigenvalue weighted by atomic mass is 10.1. The van der Waals surface area contributed by atoms with Crippen LogP contribution in [0.1, 0.15) is 26.9 Å². The normalized spacial score (nSPS) is 12.5. The average molecular weight is 467 g/mol. The number of amides is 1. The van der Waals surface area contributed by atoms with Crippen LogP contribution in [0.15, 0.2) is 83.8 Å². The van der Waals surface area contributed by atoms with Crippen LogP contribution in [0.2, 0.25) is 0 Å². The Bertz CT molecular complexity index is 1420. The van der Waals surface area contributed by atoms with Crippen LogP contribution in [0.3, 0.4) is 0 Å². The lowest BCUT2D eigenvalue weighted by molar-refractivity contribution is 0.0955. The van der Waals surface area contributed by atoms with Crippen molar-refractivity contribution in [2.75, 3.05) is 6.54 Å². The minimum absolute atomic E-state index is 0.0562. The lowest BCUT2D eigenvalue weighted by Gasteiger charge is -2.19. The van der Waals surface area contributed by atoms with Crippen LogP contribution in [0, 0.1) is 18.6 Å². The van der Waals surface area contributed by atoms with Gasteiger partial charge in [-0.2, -0.15) is 0 Å². The van der Waals surface area contributed by atoms with Crippen molar-refractivity contribution in [3.8, 4) is 0 Å². The summed E-state index contributed by atoms with van der Waals surface area (Å²) in [7, 11) is -3.96. The number of hydrogen-bond donors (Lipinski definition) is 1. The zero-order valence-corrected chi connectivity index (χ0v) is 18.4. The van der Waals surface area contributed by atoms with Gasteiger partial charge in [-0.05, 0) is 61.0 Å². The molecule has 5 nitrogen and oxygen atoms in total. The molecule has 33 heavy (non-hydrogen) atoms. The van der Waals surface area contributed by atoms with Crippen LogP contribution in [-0.2, 0) is 9.84 Å². The van der Waals surface area contributed by atoms with Crippen molar-refractivity contribution in [3.63, 3.8) is 0 Å². The molecule has 1 aromatic heterocycles. The summed E-state index contributed by atoms with van der Waals surface area (Å²) >= 11 is 0. The third kappa shape index (κ3) is 4.75. The van der Waals surface area contributed by atoms with Crippen LogP contribution in [-0.4, -0.2) is 25.9 Å². The summed E-state index contributed by atoms with van der Waals surface area (Å²) in [6, 6.07) is 18.5. The maximum absolute atomic E-state index is 13.8. The van der Waals surface area contributed by atoms with Crippen molar-refractivity contribution in [2.24, 2.45) is 0 Å². The highest BCUT2D eigenvalue weighted by Crippen LogP contribution is 2.29. The van der Waals surface area contributed by atoms with Gasteiger partial charge >= 0.3 is 0 Å². The highest BCUT2D eigenvalue weighted by Gasteiger charge is 2.30. The van der Waals surface area contributed by atoms with Gasteiger partial charge in [-0.1, -0.05) is 30.3 Å². The third-order valence-corrected chi connectivity index (χ3v) is 7.40. The smallest absolute Gasteiger partial charge is 0.252 e. The first-order chi connectivity index (χ1) is 15.8. The first kappa shape index (κ1) is 22.5. The molecule has 0 aliphatic carbocycles. The summed E-state index contributed by atoms with van der Waals surface area (Å²) in [4.78, 5) is 17.3. The van der Waals surface area contributed by atoms with E-state index in [1.54, 1.807) is 37.3 Å². The van der Waals surface area contributed by atoms with E-state index in [0.29, 0.717) is 22.2 Å². The number of rotatable bonds is 6. The quantitative estimate of drug-likeness (QED) is 0.416. The van der Waals surface area contributed by atoms with Crippen LogP contribution in [0.25, 0.3) is 10.9 Å². The number of aromatic nitrogens is 1. The van der Waals surface area contributed by atoms with E-state index < -0.39 is 32.6 Å². The third-order valence-electron chi connectivity index (χ3n) is 5.28. The molecule has 1 amide bonds. The van der Waals surface area contributed by atoms with Crippen LogP contribution >= 0.6 is 0 Å². The Morgan fingerprint density at radius 3 is 2.30 bits per heavy atom. The summed E-state index contributed by atoms with van der Waals surface area (Å²) in [5, 5.41) is 1.90. The second-order valence-corrected chi connectivity index (χ2v) is 9.71. The summed E-state index contributed by atoms with van der Waals surface area (Å²) in [5.74, 6) is -1.61. The van der Waals surface area contributed by atoms with Crippen molar-refractivity contribution in [3.05, 3.63) is 107 Å². The Balaban J connectivity index is 1.69. The summed E-state index contributed by atoms with van der Waals surface area (Å²) in [6.07, 6.45) is 0. The van der Waals surface area contributed by atoms with Gasteiger partial charge in [-0.15, -0.1) is 0 Å². The second-order valence-electron chi connectivity index (χ2n) is 7.58. The molecule has 0 bridgehead atoms. The molecule has 1 atom stereocenters. The number of pyridine rings is 1. The number of nitrogens with one attached hydrogen (secondary N) is 1. The van der Waals surface area contributed by atoms with E-state index in [0.717, 1.165) is 12.1 Å². The van der Waals surface area contributed by atoms with Gasteiger partial charge in [0.25, 0.3) is 5.91 Å². The Kier molecular flexibility index (Phi) is 6.20. The van der Waals surface area contributed by atoms with Gasteiger partial charge in [-0.3, -0.25) is 9.78 Å². The van der Waals surface area contributed by atoms with Crippen LogP contribution in [0.4, 0.5) is 8.78 Å². The van der Waals surface area contributed by atoms with Gasteiger partial charge in [0, 0.05) is 17.6 Å². The first-order valence-electron chi connectivity index (χ1n) is 10.2. The highest BCUT2D eigenvalue weighted by atomic mass is 32.2. The minimum atomic E-state index is -3.96. The zero-order chi connectivity index (χ0) is 23.6. The van der Waals surface area contributed by atoms with E-state index >= 15 is 0 Å². The standard InChI is InChI=1S/C25H20F2N2O3S/c1-16-13-22(21-14-19(27)9-12-23(21)29-16)25(30)28-15-24(17-5-3-2-4-6-17)33(31,32)20-10-7-18(26)8-11-20/h2-14,24H,15H2,1H3,(H,28,30). The summed E-state index contributed by atoms with van der Waals surface area (Å²) < 4.78 is 53.9. The molecule has 8 heteroatoms. The molecule has 0 aliphatic heterocycles. The van der Waals surface area contributed by atoms with Gasteiger partial charge in [0.1, 0.15) is 16.9 Å². The lowest BCUT2D eigenvalue weighted by Crippen LogP contribution is -2.32. The molecule has 4 rings (SSSR count). The Labute approximate surface area is 190 Å². The van der Waals surface area contributed by atoms with E-state index in [-0.39, 0.29) is 17.0 Å². The molecule has 168 valence electrons. The number of sulfone groups is 1. The van der Waals surface area contributed by atoms with E-state index in [4.69, 9.17) is 0 Å². The molecule has 3 aromatic carbocycles. The summed E-state index contributed by atoms with van der Waals surface area (Å²) in [5.41, 5.74) is 1.70. The molecule has 4 aromatic rings. The van der Waals surface area contributed by atoms with Crippen molar-refractivity contribution < 1.29 is 22.0 Å². The highest BCUT2D eigenvalue weighted by molar-refractivity contribution is 7.91. The zero-order valence-electron chi connectivity index (χ0n) is 17.6. The van der Waals surface area contributed by atoms with Gasteiger partial charge in [0.15, 0.2) is 9.84 Å². The van der Waals surface area contributed by atoms with Crippen molar-refractivity contribution in [2.45, 2.75) is 17.1 Å². The maximum atomic E-state index is 13.8. The Hall–Kier alpha value is -3.65. The molecule has 1 unspecified atom stereocenters. The number of carbonyl (C=O) groups is 1. The van der Waals surface area contributed by atoms with Crippen LogP contribution < -0.4 is 5.32 Å². The summed E-state index contributed by atoms with van der Waals surface area (Å²) in [6.45, 7) is 1.48. The van der Waals surface area contributed by atoms with Crippen molar-refractivity contribution >= 4 is 26.6 Å². The number of benzene rings is 3. The monoisotopic (exact) mass is 466 g/mol. The SMILES string of the molecule is Cc1cc(C(=O)NCC(c2ccccc2)S(=O)(=O)c2ccc(F)cc2)c2cc(F)ccc2n1. The second kappa shape index (κ2) is 9.07. The van der Waals surface area contributed by atoms with Gasteiger partial charge in [0.05, 0.1) is 16.0 Å². The fourth-order valence-electron chi connectivity index (χ4n) is 3.66. The molecule has 0 saturated heterocycles. The van der Waals surface area contributed by atoms with Crippen LogP contribution in [0.5, 0.6) is 0 Å².